The summed E-state index contributed by atoms with van der Waals surface area (Å²) in [6, 6.07) is 14.6. The fraction of sp³-hybridized carbons (Fsp3) is 0.182. The highest BCUT2D eigenvalue weighted by Crippen LogP contribution is 2.30. The van der Waals surface area contributed by atoms with E-state index < -0.39 is 0 Å². The molecular formula is C22H17ClN4O2S2. The number of aromatic nitrogens is 3. The van der Waals surface area contributed by atoms with E-state index in [0.29, 0.717) is 32.6 Å². The SMILES string of the molecule is CCCn1c(SC/C(O)=C(\C#N)c2nc3ccccc3s2)nc2cc(Cl)ccc2c1=O. The summed E-state index contributed by atoms with van der Waals surface area (Å²) in [5, 5.41) is 22.2. The molecule has 0 atom stereocenters. The number of para-hydroxylation sites is 1. The first-order valence-corrected chi connectivity index (χ1v) is 11.7. The molecule has 4 rings (SSSR count). The number of aliphatic hydroxyl groups excluding tert-OH is 1. The fourth-order valence-corrected chi connectivity index (χ4v) is 5.18. The van der Waals surface area contributed by atoms with E-state index in [2.05, 4.69) is 16.0 Å². The summed E-state index contributed by atoms with van der Waals surface area (Å²) in [4.78, 5) is 22.0. The predicted molar refractivity (Wildman–Crippen MR) is 127 cm³/mol. The molecule has 0 saturated carbocycles. The number of hydrogen-bond acceptors (Lipinski definition) is 7. The predicted octanol–water partition coefficient (Wildman–Crippen LogP) is 5.65. The van der Waals surface area contributed by atoms with Crippen LogP contribution in [0.1, 0.15) is 18.4 Å². The van der Waals surface area contributed by atoms with Gasteiger partial charge in [-0.25, -0.2) is 9.97 Å². The Morgan fingerprint density at radius 1 is 1.26 bits per heavy atom. The van der Waals surface area contributed by atoms with E-state index in [0.717, 1.165) is 16.6 Å². The molecule has 6 nitrogen and oxygen atoms in total. The minimum Gasteiger partial charge on any atom is -0.510 e. The number of thiazole rings is 1. The molecule has 2 aromatic heterocycles. The van der Waals surface area contributed by atoms with Crippen molar-refractivity contribution in [3.8, 4) is 6.07 Å². The highest BCUT2D eigenvalue weighted by molar-refractivity contribution is 7.99. The van der Waals surface area contributed by atoms with Crippen LogP contribution in [0.15, 0.2) is 58.2 Å². The van der Waals surface area contributed by atoms with Crippen LogP contribution in [0, 0.1) is 11.3 Å². The lowest BCUT2D eigenvalue weighted by molar-refractivity contribution is 0.420. The van der Waals surface area contributed by atoms with Gasteiger partial charge >= 0.3 is 0 Å². The van der Waals surface area contributed by atoms with Crippen LogP contribution in [-0.2, 0) is 6.54 Å². The van der Waals surface area contributed by atoms with Gasteiger partial charge in [0.25, 0.3) is 5.56 Å². The molecule has 1 N–H and O–H groups in total. The lowest BCUT2D eigenvalue weighted by Gasteiger charge is -2.12. The third-order valence-corrected chi connectivity index (χ3v) is 6.85. The van der Waals surface area contributed by atoms with Crippen LogP contribution < -0.4 is 5.56 Å². The molecule has 2 heterocycles. The van der Waals surface area contributed by atoms with Gasteiger partial charge in [0.05, 0.1) is 26.9 Å². The molecule has 0 saturated heterocycles. The number of rotatable bonds is 6. The zero-order valence-corrected chi connectivity index (χ0v) is 18.9. The largest absolute Gasteiger partial charge is 0.510 e. The van der Waals surface area contributed by atoms with E-state index >= 15 is 0 Å². The van der Waals surface area contributed by atoms with Crippen molar-refractivity contribution in [2.45, 2.75) is 25.0 Å². The minimum atomic E-state index is -0.152. The topological polar surface area (TPSA) is 91.8 Å². The Hall–Kier alpha value is -2.86. The molecule has 0 fully saturated rings. The number of hydrogen-bond donors (Lipinski definition) is 1. The summed E-state index contributed by atoms with van der Waals surface area (Å²) in [7, 11) is 0. The van der Waals surface area contributed by atoms with Gasteiger partial charge in [0.15, 0.2) is 5.16 Å². The highest BCUT2D eigenvalue weighted by atomic mass is 35.5. The van der Waals surface area contributed by atoms with Crippen LogP contribution in [0.3, 0.4) is 0 Å². The van der Waals surface area contributed by atoms with Crippen LogP contribution in [0.5, 0.6) is 0 Å². The van der Waals surface area contributed by atoms with Crippen molar-refractivity contribution in [1.29, 1.82) is 5.26 Å². The van der Waals surface area contributed by atoms with E-state index in [4.69, 9.17) is 11.6 Å². The first-order valence-electron chi connectivity index (χ1n) is 9.53. The summed E-state index contributed by atoms with van der Waals surface area (Å²) in [6.07, 6.45) is 0.755. The third-order valence-electron chi connectivity index (χ3n) is 4.58. The lowest BCUT2D eigenvalue weighted by atomic mass is 10.2. The minimum absolute atomic E-state index is 0.0844. The van der Waals surface area contributed by atoms with Crippen molar-refractivity contribution in [2.75, 3.05) is 5.75 Å². The van der Waals surface area contributed by atoms with Gasteiger partial charge in [-0.05, 0) is 36.8 Å². The van der Waals surface area contributed by atoms with Gasteiger partial charge in [0.2, 0.25) is 0 Å². The Labute approximate surface area is 191 Å². The van der Waals surface area contributed by atoms with Gasteiger partial charge in [-0.1, -0.05) is 42.4 Å². The second-order valence-corrected chi connectivity index (χ2v) is 9.13. The Balaban J connectivity index is 1.70. The normalized spacial score (nSPS) is 12.2. The first kappa shape index (κ1) is 21.4. The van der Waals surface area contributed by atoms with E-state index in [-0.39, 0.29) is 22.6 Å². The number of nitrogens with zero attached hydrogens (tertiary/aromatic N) is 4. The number of allylic oxidation sites excluding steroid dienone is 1. The monoisotopic (exact) mass is 468 g/mol. The average molecular weight is 469 g/mol. The average Bonchev–Trinajstić information content (AvgIpc) is 3.18. The Kier molecular flexibility index (Phi) is 6.28. The van der Waals surface area contributed by atoms with Gasteiger partial charge < -0.3 is 5.11 Å². The number of halogens is 1. The zero-order chi connectivity index (χ0) is 22.0. The maximum atomic E-state index is 12.9. The zero-order valence-electron chi connectivity index (χ0n) is 16.5. The quantitative estimate of drug-likeness (QED) is 0.170. The van der Waals surface area contributed by atoms with Crippen molar-refractivity contribution in [2.24, 2.45) is 0 Å². The number of benzene rings is 2. The Bertz CT molecular complexity index is 1390. The lowest BCUT2D eigenvalue weighted by Crippen LogP contribution is -2.23. The van der Waals surface area contributed by atoms with Crippen molar-refractivity contribution in [3.05, 3.63) is 68.6 Å². The Morgan fingerprint density at radius 2 is 2.06 bits per heavy atom. The highest BCUT2D eigenvalue weighted by Gasteiger charge is 2.16. The van der Waals surface area contributed by atoms with Gasteiger partial charge in [-0.3, -0.25) is 9.36 Å². The molecule has 2 aromatic carbocycles. The van der Waals surface area contributed by atoms with Crippen LogP contribution in [0.4, 0.5) is 0 Å². The van der Waals surface area contributed by atoms with E-state index in [1.165, 1.54) is 23.1 Å². The van der Waals surface area contributed by atoms with Gasteiger partial charge in [-0.2, -0.15) is 5.26 Å². The molecule has 31 heavy (non-hydrogen) atoms. The summed E-state index contributed by atoms with van der Waals surface area (Å²) in [5.41, 5.74) is 1.26. The molecule has 0 unspecified atom stereocenters. The maximum absolute atomic E-state index is 12.9. The summed E-state index contributed by atoms with van der Waals surface area (Å²) < 4.78 is 2.54. The van der Waals surface area contributed by atoms with Gasteiger partial charge in [0, 0.05) is 11.6 Å². The molecule has 4 aromatic rings. The molecule has 0 spiro atoms. The molecule has 156 valence electrons. The van der Waals surface area contributed by atoms with Crippen molar-refractivity contribution in [3.63, 3.8) is 0 Å². The number of aliphatic hydroxyl groups is 1. The van der Waals surface area contributed by atoms with Crippen LogP contribution >= 0.6 is 34.7 Å². The molecule has 0 aliphatic heterocycles. The molecule has 0 aliphatic rings. The number of nitriles is 1. The standard InChI is InChI=1S/C22H17ClN4O2S2/c1-2-9-27-21(29)14-8-7-13(23)10-17(14)26-22(27)30-12-18(28)15(11-24)20-25-16-5-3-4-6-19(16)31-20/h3-8,10,28H,2,9,12H2,1H3/b18-15-. The smallest absolute Gasteiger partial charge is 0.262 e. The van der Waals surface area contributed by atoms with Crippen LogP contribution in [0.2, 0.25) is 5.02 Å². The molecule has 0 amide bonds. The second-order valence-electron chi connectivity index (χ2n) is 6.72. The summed E-state index contributed by atoms with van der Waals surface area (Å²) in [5.74, 6) is -0.0174. The van der Waals surface area contributed by atoms with E-state index in [9.17, 15) is 15.2 Å². The van der Waals surface area contributed by atoms with Crippen LogP contribution in [0.25, 0.3) is 26.7 Å². The third kappa shape index (κ3) is 4.30. The van der Waals surface area contributed by atoms with E-state index in [1.54, 1.807) is 22.8 Å². The van der Waals surface area contributed by atoms with Crippen LogP contribution in [-0.4, -0.2) is 25.4 Å². The van der Waals surface area contributed by atoms with E-state index in [1.807, 2.05) is 31.2 Å². The van der Waals surface area contributed by atoms with Gasteiger partial charge in [0.1, 0.15) is 22.4 Å². The van der Waals surface area contributed by atoms with Crippen molar-refractivity contribution < 1.29 is 5.11 Å². The van der Waals surface area contributed by atoms with Crippen molar-refractivity contribution >= 4 is 61.4 Å². The molecule has 9 heteroatoms. The number of thioether (sulfide) groups is 1. The number of fused-ring (bicyclic) bond motifs is 2. The second kappa shape index (κ2) is 9.10. The molecule has 0 bridgehead atoms. The summed E-state index contributed by atoms with van der Waals surface area (Å²) >= 11 is 8.62. The maximum Gasteiger partial charge on any atom is 0.262 e. The molecule has 0 aliphatic carbocycles. The fourth-order valence-electron chi connectivity index (χ4n) is 3.12. The Morgan fingerprint density at radius 3 is 2.81 bits per heavy atom. The van der Waals surface area contributed by atoms with Crippen molar-refractivity contribution in [1.82, 2.24) is 14.5 Å². The summed E-state index contributed by atoms with van der Waals surface area (Å²) in [6.45, 7) is 2.48. The van der Waals surface area contributed by atoms with Gasteiger partial charge in [-0.15, -0.1) is 11.3 Å². The first-order chi connectivity index (χ1) is 15.0. The molecular weight excluding hydrogens is 452 g/mol. The molecule has 0 radical (unpaired) electrons.